The van der Waals surface area contributed by atoms with Crippen molar-refractivity contribution in [1.82, 2.24) is 14.5 Å². The lowest BCUT2D eigenvalue weighted by Gasteiger charge is -2.18. The van der Waals surface area contributed by atoms with Crippen molar-refractivity contribution in [2.24, 2.45) is 7.05 Å². The number of carbonyl (C=O) groups is 1. The summed E-state index contributed by atoms with van der Waals surface area (Å²) in [5, 5.41) is 3.85. The molecule has 0 unspecified atom stereocenters. The largest absolute Gasteiger partial charge is 0.322 e. The highest BCUT2D eigenvalue weighted by atomic mass is 16.1. The first kappa shape index (κ1) is 22.4. The zero-order valence-corrected chi connectivity index (χ0v) is 19.9. The van der Waals surface area contributed by atoms with Gasteiger partial charge in [0.2, 0.25) is 0 Å². The third-order valence-corrected chi connectivity index (χ3v) is 5.82. The van der Waals surface area contributed by atoms with E-state index in [-0.39, 0.29) is 16.9 Å². The van der Waals surface area contributed by atoms with Gasteiger partial charge < -0.3 is 9.88 Å². The molecule has 6 nitrogen and oxygen atoms in total. The van der Waals surface area contributed by atoms with Crippen LogP contribution in [0.3, 0.4) is 0 Å². The molecule has 0 bridgehead atoms. The highest BCUT2D eigenvalue weighted by Crippen LogP contribution is 2.27. The predicted molar refractivity (Wildman–Crippen MR) is 133 cm³/mol. The molecule has 0 saturated carbocycles. The topological polar surface area (TPSA) is 76.9 Å². The van der Waals surface area contributed by atoms with Crippen molar-refractivity contribution in [1.29, 1.82) is 0 Å². The van der Waals surface area contributed by atoms with Crippen molar-refractivity contribution in [3.8, 4) is 11.1 Å². The molecule has 0 saturated heterocycles. The summed E-state index contributed by atoms with van der Waals surface area (Å²) in [6, 6.07) is 12.9. The van der Waals surface area contributed by atoms with E-state index in [9.17, 15) is 9.59 Å². The van der Waals surface area contributed by atoms with Crippen LogP contribution < -0.4 is 10.9 Å². The van der Waals surface area contributed by atoms with Crippen LogP contribution in [0.25, 0.3) is 22.0 Å². The van der Waals surface area contributed by atoms with E-state index >= 15 is 0 Å². The van der Waals surface area contributed by atoms with Gasteiger partial charge in [-0.2, -0.15) is 0 Å². The van der Waals surface area contributed by atoms with Crippen LogP contribution in [0.5, 0.6) is 0 Å². The van der Waals surface area contributed by atoms with Gasteiger partial charge in [-0.15, -0.1) is 0 Å². The molecule has 1 aromatic carbocycles. The van der Waals surface area contributed by atoms with E-state index in [1.807, 2.05) is 50.2 Å². The van der Waals surface area contributed by atoms with Gasteiger partial charge in [-0.1, -0.05) is 26.8 Å². The van der Waals surface area contributed by atoms with Crippen LogP contribution in [0.4, 0.5) is 5.69 Å². The maximum absolute atomic E-state index is 13.2. The van der Waals surface area contributed by atoms with Crippen LogP contribution in [0.2, 0.25) is 0 Å². The number of carbonyl (C=O) groups excluding carboxylic acids is 1. The second-order valence-corrected chi connectivity index (χ2v) is 9.47. The fraction of sp³-hybridized carbons (Fsp3) is 0.259. The van der Waals surface area contributed by atoms with Crippen molar-refractivity contribution in [3.05, 3.63) is 87.7 Å². The average molecular weight is 441 g/mol. The van der Waals surface area contributed by atoms with E-state index in [1.165, 1.54) is 0 Å². The molecule has 0 atom stereocenters. The fourth-order valence-electron chi connectivity index (χ4n) is 3.83. The molecule has 3 aromatic heterocycles. The standard InChI is InChI=1S/C27H28N4O2/c1-16-7-8-20(30-25(32)18-9-10-28-24(13-18)27(3,4)5)14-21(16)22-12-19-15-29-17(2)11-23(19)31(6)26(22)33/h7-15H,1-6H3,(H,30,32). The summed E-state index contributed by atoms with van der Waals surface area (Å²) >= 11 is 0. The number of hydrogen-bond donors (Lipinski definition) is 1. The third-order valence-electron chi connectivity index (χ3n) is 5.82. The Balaban J connectivity index is 1.73. The molecular formula is C27H28N4O2. The number of amides is 1. The van der Waals surface area contributed by atoms with Gasteiger partial charge in [-0.25, -0.2) is 0 Å². The number of aromatic nitrogens is 3. The Labute approximate surface area is 193 Å². The number of pyridine rings is 3. The Bertz CT molecular complexity index is 1450. The predicted octanol–water partition coefficient (Wildman–Crippen LogP) is 5.16. The molecule has 4 aromatic rings. The maximum atomic E-state index is 13.2. The van der Waals surface area contributed by atoms with Gasteiger partial charge in [0, 0.05) is 58.4 Å². The molecule has 0 fully saturated rings. The Morgan fingerprint density at radius 2 is 1.73 bits per heavy atom. The van der Waals surface area contributed by atoms with Gasteiger partial charge in [0.15, 0.2) is 0 Å². The molecule has 3 heterocycles. The van der Waals surface area contributed by atoms with E-state index < -0.39 is 0 Å². The second-order valence-electron chi connectivity index (χ2n) is 9.47. The quantitative estimate of drug-likeness (QED) is 0.477. The zero-order valence-electron chi connectivity index (χ0n) is 19.9. The van der Waals surface area contributed by atoms with Gasteiger partial charge in [0.25, 0.3) is 11.5 Å². The fourth-order valence-corrected chi connectivity index (χ4v) is 3.83. The molecule has 0 aliphatic rings. The minimum Gasteiger partial charge on any atom is -0.322 e. The highest BCUT2D eigenvalue weighted by molar-refractivity contribution is 6.04. The van der Waals surface area contributed by atoms with Gasteiger partial charge in [-0.05, 0) is 61.4 Å². The Hall–Kier alpha value is -3.80. The molecule has 0 aliphatic heterocycles. The average Bonchev–Trinajstić information content (AvgIpc) is 2.77. The third kappa shape index (κ3) is 4.42. The number of hydrogen-bond acceptors (Lipinski definition) is 4. The smallest absolute Gasteiger partial charge is 0.258 e. The van der Waals surface area contributed by atoms with E-state index in [1.54, 1.807) is 30.1 Å². The van der Waals surface area contributed by atoms with Crippen LogP contribution in [0, 0.1) is 13.8 Å². The first-order valence-corrected chi connectivity index (χ1v) is 10.9. The number of benzene rings is 1. The summed E-state index contributed by atoms with van der Waals surface area (Å²) in [7, 11) is 1.77. The summed E-state index contributed by atoms with van der Waals surface area (Å²) in [6.07, 6.45) is 3.44. The van der Waals surface area contributed by atoms with Crippen molar-refractivity contribution in [2.45, 2.75) is 40.0 Å². The van der Waals surface area contributed by atoms with Crippen molar-refractivity contribution in [2.75, 3.05) is 5.32 Å². The van der Waals surface area contributed by atoms with Crippen molar-refractivity contribution < 1.29 is 4.79 Å². The lowest BCUT2D eigenvalue weighted by molar-refractivity contribution is 0.102. The normalized spacial score (nSPS) is 11.6. The minimum atomic E-state index is -0.219. The molecule has 4 rings (SSSR count). The highest BCUT2D eigenvalue weighted by Gasteiger charge is 2.18. The molecule has 0 radical (unpaired) electrons. The van der Waals surface area contributed by atoms with Crippen molar-refractivity contribution in [3.63, 3.8) is 0 Å². The SMILES string of the molecule is Cc1cc2c(cn1)cc(-c1cc(NC(=O)c3ccnc(C(C)(C)C)c3)ccc1C)c(=O)n2C. The second kappa shape index (κ2) is 8.28. The summed E-state index contributed by atoms with van der Waals surface area (Å²) in [6.45, 7) is 10.0. The first-order chi connectivity index (χ1) is 15.5. The Morgan fingerprint density at radius 1 is 0.970 bits per heavy atom. The molecule has 0 aliphatic carbocycles. The lowest BCUT2D eigenvalue weighted by Crippen LogP contribution is -2.20. The lowest BCUT2D eigenvalue weighted by atomic mass is 9.91. The Morgan fingerprint density at radius 3 is 2.45 bits per heavy atom. The summed E-state index contributed by atoms with van der Waals surface area (Å²) in [5.74, 6) is -0.219. The molecule has 0 spiro atoms. The van der Waals surface area contributed by atoms with E-state index in [4.69, 9.17) is 0 Å². The zero-order chi connectivity index (χ0) is 23.9. The van der Waals surface area contributed by atoms with Crippen molar-refractivity contribution >= 4 is 22.5 Å². The van der Waals surface area contributed by atoms with Gasteiger partial charge in [0.05, 0.1) is 5.52 Å². The molecular weight excluding hydrogens is 412 g/mol. The van der Waals surface area contributed by atoms with Crippen LogP contribution in [0.15, 0.2) is 59.7 Å². The van der Waals surface area contributed by atoms with Crippen LogP contribution in [-0.2, 0) is 12.5 Å². The van der Waals surface area contributed by atoms with Crippen LogP contribution in [-0.4, -0.2) is 20.4 Å². The number of anilines is 1. The van der Waals surface area contributed by atoms with E-state index in [2.05, 4.69) is 36.1 Å². The van der Waals surface area contributed by atoms with Crippen LogP contribution in [0.1, 0.15) is 48.1 Å². The molecule has 1 N–H and O–H groups in total. The minimum absolute atomic E-state index is 0.0939. The summed E-state index contributed by atoms with van der Waals surface area (Å²) in [4.78, 5) is 34.9. The number of nitrogens with zero attached hydrogens (tertiary/aromatic N) is 3. The molecule has 6 heteroatoms. The number of nitrogens with one attached hydrogen (secondary N) is 1. The number of fused-ring (bicyclic) bond motifs is 1. The first-order valence-electron chi connectivity index (χ1n) is 10.9. The monoisotopic (exact) mass is 440 g/mol. The van der Waals surface area contributed by atoms with Crippen LogP contribution >= 0.6 is 0 Å². The number of aryl methyl sites for hydroxylation is 3. The van der Waals surface area contributed by atoms with Gasteiger partial charge in [-0.3, -0.25) is 19.6 Å². The van der Waals surface area contributed by atoms with Gasteiger partial charge in [0.1, 0.15) is 0 Å². The van der Waals surface area contributed by atoms with E-state index in [0.717, 1.165) is 33.4 Å². The maximum Gasteiger partial charge on any atom is 0.258 e. The van der Waals surface area contributed by atoms with Gasteiger partial charge >= 0.3 is 0 Å². The molecule has 1 amide bonds. The molecule has 168 valence electrons. The molecule has 33 heavy (non-hydrogen) atoms. The summed E-state index contributed by atoms with van der Waals surface area (Å²) < 4.78 is 1.65. The summed E-state index contributed by atoms with van der Waals surface area (Å²) in [5.41, 5.74) is 5.76. The number of rotatable bonds is 3. The van der Waals surface area contributed by atoms with E-state index in [0.29, 0.717) is 16.8 Å². The Kier molecular flexibility index (Phi) is 5.62.